The summed E-state index contributed by atoms with van der Waals surface area (Å²) in [4.78, 5) is 14.0. The molecule has 1 N–H and O–H groups in total. The van der Waals surface area contributed by atoms with Crippen LogP contribution in [0.15, 0.2) is 29.2 Å². The van der Waals surface area contributed by atoms with Crippen LogP contribution in [0, 0.1) is 0 Å². The van der Waals surface area contributed by atoms with Gasteiger partial charge in [0.05, 0.1) is 10.4 Å². The molecule has 118 valence electrons. The molecule has 6 heteroatoms. The molecule has 21 heavy (non-hydrogen) atoms. The number of rotatable bonds is 3. The van der Waals surface area contributed by atoms with Gasteiger partial charge in [0, 0.05) is 7.05 Å². The Morgan fingerprint density at radius 2 is 1.62 bits per heavy atom. The molecule has 0 saturated heterocycles. The fourth-order valence-electron chi connectivity index (χ4n) is 1.73. The second kappa shape index (κ2) is 6.15. The van der Waals surface area contributed by atoms with E-state index in [1.54, 1.807) is 31.3 Å². The van der Waals surface area contributed by atoms with E-state index in [-0.39, 0.29) is 0 Å². The van der Waals surface area contributed by atoms with Gasteiger partial charge in [-0.25, -0.2) is 9.00 Å². The minimum atomic E-state index is -2.00. The zero-order valence-corrected chi connectivity index (χ0v) is 14.2. The van der Waals surface area contributed by atoms with Gasteiger partial charge in [-0.15, -0.1) is 0 Å². The summed E-state index contributed by atoms with van der Waals surface area (Å²) in [5, 5.41) is 0. The van der Waals surface area contributed by atoms with Crippen LogP contribution in [-0.4, -0.2) is 32.4 Å². The van der Waals surface area contributed by atoms with Crippen molar-refractivity contribution in [3.05, 3.63) is 29.8 Å². The van der Waals surface area contributed by atoms with E-state index in [1.807, 2.05) is 34.6 Å². The monoisotopic (exact) mass is 313 g/mol. The molecular formula is C15H23NO4S. The second-order valence-electron chi connectivity index (χ2n) is 6.37. The Balaban J connectivity index is 2.98. The highest BCUT2D eigenvalue weighted by molar-refractivity contribution is 7.79. The summed E-state index contributed by atoms with van der Waals surface area (Å²) in [6.07, 6.45) is -0.415. The molecule has 0 aromatic heterocycles. The van der Waals surface area contributed by atoms with Gasteiger partial charge in [0.25, 0.3) is 0 Å². The number of nitrogens with zero attached hydrogens (tertiary/aromatic N) is 1. The average molecular weight is 313 g/mol. The minimum absolute atomic E-state index is 0.328. The van der Waals surface area contributed by atoms with E-state index >= 15 is 0 Å². The van der Waals surface area contributed by atoms with Gasteiger partial charge in [-0.3, -0.25) is 0 Å². The predicted octanol–water partition coefficient (Wildman–Crippen LogP) is 3.37. The lowest BCUT2D eigenvalue weighted by atomic mass is 9.93. The number of carbonyl (C=O) groups excluding carboxylic acids is 1. The summed E-state index contributed by atoms with van der Waals surface area (Å²) in [6.45, 7) is 9.23. The number of hydrogen-bond donors (Lipinski definition) is 1. The van der Waals surface area contributed by atoms with Crippen LogP contribution in [0.5, 0.6) is 0 Å². The molecule has 0 aliphatic carbocycles. The third-order valence-electron chi connectivity index (χ3n) is 3.27. The quantitative estimate of drug-likeness (QED) is 0.869. The third kappa shape index (κ3) is 4.54. The molecule has 0 spiro atoms. The van der Waals surface area contributed by atoms with Gasteiger partial charge in [0.15, 0.2) is 11.1 Å². The fraction of sp³-hybridized carbons (Fsp3) is 0.533. The van der Waals surface area contributed by atoms with E-state index in [0.29, 0.717) is 4.90 Å². The molecule has 0 heterocycles. The molecular weight excluding hydrogens is 290 g/mol. The van der Waals surface area contributed by atoms with E-state index in [9.17, 15) is 9.00 Å². The highest BCUT2D eigenvalue weighted by Crippen LogP contribution is 2.28. The van der Waals surface area contributed by atoms with Gasteiger partial charge in [0.2, 0.25) is 0 Å². The summed E-state index contributed by atoms with van der Waals surface area (Å²) >= 11 is -2.00. The standard InChI is InChI=1S/C15H23NO4S/c1-14(2,3)20-13(17)16(6)15(4,5)11-7-9-12(10-8-11)21(18)19/h7-10H,1-6H3,(H,18,19). The number of amides is 1. The van der Waals surface area contributed by atoms with Crippen molar-refractivity contribution in [2.75, 3.05) is 7.05 Å². The second-order valence-corrected chi connectivity index (χ2v) is 7.34. The molecule has 5 nitrogen and oxygen atoms in total. The molecule has 1 aromatic carbocycles. The summed E-state index contributed by atoms with van der Waals surface area (Å²) in [6, 6.07) is 6.64. The normalized spacial score (nSPS) is 13.7. The maximum absolute atomic E-state index is 12.2. The van der Waals surface area contributed by atoms with Crippen LogP contribution in [-0.2, 0) is 21.4 Å². The molecule has 1 rings (SSSR count). The van der Waals surface area contributed by atoms with Crippen molar-refractivity contribution in [3.63, 3.8) is 0 Å². The maximum atomic E-state index is 12.2. The van der Waals surface area contributed by atoms with Crippen LogP contribution in [0.1, 0.15) is 40.2 Å². The van der Waals surface area contributed by atoms with Crippen LogP contribution in [0.2, 0.25) is 0 Å². The van der Waals surface area contributed by atoms with Crippen LogP contribution in [0.25, 0.3) is 0 Å². The van der Waals surface area contributed by atoms with Crippen molar-refractivity contribution >= 4 is 17.2 Å². The number of benzene rings is 1. The highest BCUT2D eigenvalue weighted by Gasteiger charge is 2.32. The van der Waals surface area contributed by atoms with Gasteiger partial charge >= 0.3 is 6.09 Å². The molecule has 0 fully saturated rings. The van der Waals surface area contributed by atoms with Gasteiger partial charge in [-0.2, -0.15) is 0 Å². The Morgan fingerprint density at radius 1 is 1.14 bits per heavy atom. The maximum Gasteiger partial charge on any atom is 0.410 e. The van der Waals surface area contributed by atoms with Crippen LogP contribution in [0.3, 0.4) is 0 Å². The molecule has 0 radical (unpaired) electrons. The molecule has 0 saturated carbocycles. The summed E-state index contributed by atoms with van der Waals surface area (Å²) in [5.74, 6) is 0. The number of carbonyl (C=O) groups is 1. The Hall–Kier alpha value is -1.40. The highest BCUT2D eigenvalue weighted by atomic mass is 32.2. The van der Waals surface area contributed by atoms with Crippen molar-refractivity contribution in [2.45, 2.75) is 50.7 Å². The SMILES string of the molecule is CN(C(=O)OC(C)(C)C)C(C)(C)c1ccc(S(=O)O)cc1. The van der Waals surface area contributed by atoms with Crippen molar-refractivity contribution < 1.29 is 18.3 Å². The van der Waals surface area contributed by atoms with E-state index in [1.165, 1.54) is 4.90 Å². The molecule has 1 unspecified atom stereocenters. The first-order valence-electron chi connectivity index (χ1n) is 6.63. The third-order valence-corrected chi connectivity index (χ3v) is 3.94. The number of hydrogen-bond acceptors (Lipinski definition) is 3. The van der Waals surface area contributed by atoms with Crippen molar-refractivity contribution in [1.29, 1.82) is 0 Å². The largest absolute Gasteiger partial charge is 0.444 e. The fourth-order valence-corrected chi connectivity index (χ4v) is 2.10. The predicted molar refractivity (Wildman–Crippen MR) is 82.5 cm³/mol. The molecule has 0 bridgehead atoms. The Kier molecular flexibility index (Phi) is 5.17. The summed E-state index contributed by atoms with van der Waals surface area (Å²) < 4.78 is 25.4. The lowest BCUT2D eigenvalue weighted by molar-refractivity contribution is 0.0104. The Bertz CT molecular complexity index is 532. The molecule has 1 aromatic rings. The lowest BCUT2D eigenvalue weighted by Gasteiger charge is -2.37. The first-order valence-corrected chi connectivity index (χ1v) is 7.74. The van der Waals surface area contributed by atoms with E-state index in [2.05, 4.69) is 0 Å². The zero-order valence-electron chi connectivity index (χ0n) is 13.3. The van der Waals surface area contributed by atoms with Crippen LogP contribution in [0.4, 0.5) is 4.79 Å². The van der Waals surface area contributed by atoms with Crippen molar-refractivity contribution in [2.24, 2.45) is 0 Å². The van der Waals surface area contributed by atoms with Gasteiger partial charge in [0.1, 0.15) is 5.60 Å². The minimum Gasteiger partial charge on any atom is -0.444 e. The van der Waals surface area contributed by atoms with E-state index in [4.69, 9.17) is 9.29 Å². The topological polar surface area (TPSA) is 66.8 Å². The van der Waals surface area contributed by atoms with Gasteiger partial charge < -0.3 is 14.2 Å². The Morgan fingerprint density at radius 3 is 2.00 bits per heavy atom. The smallest absolute Gasteiger partial charge is 0.410 e. The van der Waals surface area contributed by atoms with Crippen LogP contribution < -0.4 is 0 Å². The lowest BCUT2D eigenvalue weighted by Crippen LogP contribution is -2.45. The van der Waals surface area contributed by atoms with Crippen LogP contribution >= 0.6 is 0 Å². The zero-order chi connectivity index (χ0) is 16.4. The first kappa shape index (κ1) is 17.7. The molecule has 0 aliphatic rings. The summed E-state index contributed by atoms with van der Waals surface area (Å²) in [5.41, 5.74) is -0.304. The van der Waals surface area contributed by atoms with Crippen molar-refractivity contribution in [1.82, 2.24) is 4.90 Å². The molecule has 1 atom stereocenters. The number of ether oxygens (including phenoxy) is 1. The van der Waals surface area contributed by atoms with E-state index < -0.39 is 28.3 Å². The van der Waals surface area contributed by atoms with Crippen molar-refractivity contribution in [3.8, 4) is 0 Å². The van der Waals surface area contributed by atoms with Gasteiger partial charge in [-0.05, 0) is 52.3 Å². The summed E-state index contributed by atoms with van der Waals surface area (Å²) in [7, 11) is 1.67. The Labute approximate surface area is 128 Å². The van der Waals surface area contributed by atoms with Gasteiger partial charge in [-0.1, -0.05) is 12.1 Å². The van der Waals surface area contributed by atoms with E-state index in [0.717, 1.165) is 5.56 Å². The molecule has 1 amide bonds. The first-order chi connectivity index (χ1) is 9.45. The average Bonchev–Trinajstić information content (AvgIpc) is 2.35. The molecule has 0 aliphatic heterocycles.